The Morgan fingerprint density at radius 2 is 2.05 bits per heavy atom. The molecule has 0 spiro atoms. The number of carbonyl (C=O) groups is 1. The molecule has 2 aliphatic rings. The predicted octanol–water partition coefficient (Wildman–Crippen LogP) is 3.14. The van der Waals surface area contributed by atoms with Crippen LogP contribution in [0.25, 0.3) is 11.0 Å². The van der Waals surface area contributed by atoms with E-state index in [0.717, 1.165) is 24.6 Å². The second-order valence-electron chi connectivity index (χ2n) is 6.10. The molecule has 0 radical (unpaired) electrons. The standard InChI is InChI=1S/C17H16O4/c18-16-13(9-11-3-1-2-4-14(11)20-16)17(19)21-15-8-10-5-6-12(15)7-10/h1-4,9-10,12,15H,5-8H2/t10-,12+,15-/m0/s1. The lowest BCUT2D eigenvalue weighted by Gasteiger charge is -2.21. The van der Waals surface area contributed by atoms with E-state index in [1.54, 1.807) is 18.2 Å². The highest BCUT2D eigenvalue weighted by atomic mass is 16.5. The van der Waals surface area contributed by atoms with Crippen LogP contribution < -0.4 is 5.63 Å². The summed E-state index contributed by atoms with van der Waals surface area (Å²) >= 11 is 0. The predicted molar refractivity (Wildman–Crippen MR) is 77.1 cm³/mol. The first kappa shape index (κ1) is 12.6. The summed E-state index contributed by atoms with van der Waals surface area (Å²) in [7, 11) is 0. The monoisotopic (exact) mass is 284 g/mol. The minimum absolute atomic E-state index is 0.00327. The van der Waals surface area contributed by atoms with Gasteiger partial charge in [-0.1, -0.05) is 18.2 Å². The summed E-state index contributed by atoms with van der Waals surface area (Å²) in [6.45, 7) is 0. The number of hydrogen-bond donors (Lipinski definition) is 0. The van der Waals surface area contributed by atoms with Gasteiger partial charge in [-0.05, 0) is 49.7 Å². The fraction of sp³-hybridized carbons (Fsp3) is 0.412. The summed E-state index contributed by atoms with van der Waals surface area (Å²) in [4.78, 5) is 24.2. The zero-order chi connectivity index (χ0) is 14.4. The van der Waals surface area contributed by atoms with Crippen LogP contribution in [0.5, 0.6) is 0 Å². The van der Waals surface area contributed by atoms with E-state index in [0.29, 0.717) is 17.4 Å². The van der Waals surface area contributed by atoms with Crippen molar-refractivity contribution in [1.82, 2.24) is 0 Å². The van der Waals surface area contributed by atoms with Gasteiger partial charge in [0.1, 0.15) is 17.3 Å². The highest BCUT2D eigenvalue weighted by Crippen LogP contribution is 2.46. The topological polar surface area (TPSA) is 56.5 Å². The average molecular weight is 284 g/mol. The van der Waals surface area contributed by atoms with Crippen LogP contribution >= 0.6 is 0 Å². The molecule has 108 valence electrons. The van der Waals surface area contributed by atoms with Gasteiger partial charge in [-0.25, -0.2) is 9.59 Å². The molecule has 1 aromatic heterocycles. The van der Waals surface area contributed by atoms with E-state index in [-0.39, 0.29) is 11.7 Å². The Labute approximate surface area is 121 Å². The maximum atomic E-state index is 12.3. The van der Waals surface area contributed by atoms with E-state index in [4.69, 9.17) is 9.15 Å². The van der Waals surface area contributed by atoms with Crippen molar-refractivity contribution in [3.63, 3.8) is 0 Å². The van der Waals surface area contributed by atoms with Crippen LogP contribution in [-0.4, -0.2) is 12.1 Å². The zero-order valence-corrected chi connectivity index (χ0v) is 11.6. The number of hydrogen-bond acceptors (Lipinski definition) is 4. The Bertz CT molecular complexity index is 761. The van der Waals surface area contributed by atoms with Crippen LogP contribution in [0.4, 0.5) is 0 Å². The Morgan fingerprint density at radius 3 is 2.81 bits per heavy atom. The Balaban J connectivity index is 1.62. The molecule has 0 N–H and O–H groups in total. The number of fused-ring (bicyclic) bond motifs is 3. The van der Waals surface area contributed by atoms with Crippen molar-refractivity contribution in [2.45, 2.75) is 31.8 Å². The maximum absolute atomic E-state index is 12.3. The summed E-state index contributed by atoms with van der Waals surface area (Å²) in [6.07, 6.45) is 4.45. The third kappa shape index (κ3) is 2.15. The molecule has 4 rings (SSSR count). The van der Waals surface area contributed by atoms with Crippen LogP contribution in [0.1, 0.15) is 36.0 Å². The van der Waals surface area contributed by atoms with Crippen molar-refractivity contribution in [3.8, 4) is 0 Å². The van der Waals surface area contributed by atoms with E-state index >= 15 is 0 Å². The average Bonchev–Trinajstić information content (AvgIpc) is 3.09. The van der Waals surface area contributed by atoms with E-state index in [1.165, 1.54) is 6.42 Å². The lowest BCUT2D eigenvalue weighted by Crippen LogP contribution is -2.26. The lowest BCUT2D eigenvalue weighted by molar-refractivity contribution is 0.0154. The second kappa shape index (κ2) is 4.72. The number of benzene rings is 1. The largest absolute Gasteiger partial charge is 0.458 e. The molecule has 4 nitrogen and oxygen atoms in total. The molecule has 1 aromatic carbocycles. The first-order valence-electron chi connectivity index (χ1n) is 7.44. The molecule has 0 amide bonds. The molecule has 2 bridgehead atoms. The normalized spacial score (nSPS) is 27.1. The SMILES string of the molecule is O=C(O[C@H]1C[C@H]2CC[C@@H]1C2)c1cc2ccccc2oc1=O. The van der Waals surface area contributed by atoms with Gasteiger partial charge >= 0.3 is 11.6 Å². The van der Waals surface area contributed by atoms with E-state index in [2.05, 4.69) is 0 Å². The van der Waals surface area contributed by atoms with Crippen molar-refractivity contribution in [2.75, 3.05) is 0 Å². The van der Waals surface area contributed by atoms with Crippen LogP contribution in [0.15, 0.2) is 39.5 Å². The molecule has 2 saturated carbocycles. The minimum Gasteiger partial charge on any atom is -0.458 e. The maximum Gasteiger partial charge on any atom is 0.351 e. The Kier molecular flexibility index (Phi) is 2.84. The molecular weight excluding hydrogens is 268 g/mol. The Hall–Kier alpha value is -2.10. The Morgan fingerprint density at radius 1 is 1.19 bits per heavy atom. The van der Waals surface area contributed by atoms with Crippen molar-refractivity contribution < 1.29 is 13.9 Å². The van der Waals surface area contributed by atoms with Gasteiger partial charge in [-0.2, -0.15) is 0 Å². The number of carbonyl (C=O) groups excluding carboxylic acids is 1. The van der Waals surface area contributed by atoms with Gasteiger partial charge in [-0.3, -0.25) is 0 Å². The number of ether oxygens (including phenoxy) is 1. The highest BCUT2D eigenvalue weighted by molar-refractivity contribution is 5.92. The quantitative estimate of drug-likeness (QED) is 0.628. The molecule has 0 aliphatic heterocycles. The van der Waals surface area contributed by atoms with Gasteiger partial charge in [0.05, 0.1) is 0 Å². The minimum atomic E-state index is -0.623. The summed E-state index contributed by atoms with van der Waals surface area (Å²) in [6, 6.07) is 8.72. The fourth-order valence-corrected chi connectivity index (χ4v) is 3.74. The van der Waals surface area contributed by atoms with Crippen molar-refractivity contribution >= 4 is 16.9 Å². The van der Waals surface area contributed by atoms with Gasteiger partial charge in [-0.15, -0.1) is 0 Å². The molecule has 2 aliphatic carbocycles. The zero-order valence-electron chi connectivity index (χ0n) is 11.6. The number of para-hydroxylation sites is 1. The van der Waals surface area contributed by atoms with Crippen molar-refractivity contribution in [3.05, 3.63) is 46.3 Å². The van der Waals surface area contributed by atoms with E-state index < -0.39 is 11.6 Å². The van der Waals surface area contributed by atoms with Crippen LogP contribution in [0.3, 0.4) is 0 Å². The molecule has 4 heteroatoms. The van der Waals surface area contributed by atoms with Gasteiger partial charge < -0.3 is 9.15 Å². The first-order valence-corrected chi connectivity index (χ1v) is 7.44. The van der Waals surface area contributed by atoms with Crippen molar-refractivity contribution in [1.29, 1.82) is 0 Å². The molecule has 3 atom stereocenters. The summed E-state index contributed by atoms with van der Waals surface area (Å²) in [5.41, 5.74) is -0.141. The summed E-state index contributed by atoms with van der Waals surface area (Å²) in [5.74, 6) is 0.624. The third-order valence-electron chi connectivity index (χ3n) is 4.79. The third-order valence-corrected chi connectivity index (χ3v) is 4.79. The van der Waals surface area contributed by atoms with Crippen LogP contribution in [0, 0.1) is 11.8 Å². The smallest absolute Gasteiger partial charge is 0.351 e. The van der Waals surface area contributed by atoms with Crippen molar-refractivity contribution in [2.24, 2.45) is 11.8 Å². The lowest BCUT2D eigenvalue weighted by atomic mass is 9.98. The van der Waals surface area contributed by atoms with Gasteiger partial charge in [0, 0.05) is 5.39 Å². The molecule has 21 heavy (non-hydrogen) atoms. The van der Waals surface area contributed by atoms with Gasteiger partial charge in [0.2, 0.25) is 0 Å². The second-order valence-corrected chi connectivity index (χ2v) is 6.10. The first-order chi connectivity index (χ1) is 10.2. The number of esters is 1. The van der Waals surface area contributed by atoms with E-state index in [1.807, 2.05) is 12.1 Å². The molecule has 0 saturated heterocycles. The summed E-state index contributed by atoms with van der Waals surface area (Å²) in [5, 5.41) is 0.733. The number of rotatable bonds is 2. The summed E-state index contributed by atoms with van der Waals surface area (Å²) < 4.78 is 10.7. The molecule has 1 heterocycles. The molecular formula is C17H16O4. The van der Waals surface area contributed by atoms with Crippen LogP contribution in [-0.2, 0) is 4.74 Å². The molecule has 2 fully saturated rings. The molecule has 0 unspecified atom stereocenters. The highest BCUT2D eigenvalue weighted by Gasteiger charge is 2.42. The van der Waals surface area contributed by atoms with Crippen LogP contribution in [0.2, 0.25) is 0 Å². The molecule has 2 aromatic rings. The fourth-order valence-electron chi connectivity index (χ4n) is 3.74. The van der Waals surface area contributed by atoms with Gasteiger partial charge in [0.15, 0.2) is 0 Å². The van der Waals surface area contributed by atoms with Gasteiger partial charge in [0.25, 0.3) is 0 Å². The van der Waals surface area contributed by atoms with E-state index in [9.17, 15) is 9.59 Å².